The van der Waals surface area contributed by atoms with Crippen LogP contribution in [0.1, 0.15) is 6.92 Å². The highest BCUT2D eigenvalue weighted by atomic mass is 35.6. The Balaban J connectivity index is 5.10. The van der Waals surface area contributed by atoms with E-state index in [9.17, 15) is 14.4 Å². The first-order chi connectivity index (χ1) is 11.4. The highest BCUT2D eigenvalue weighted by molar-refractivity contribution is 6.77. The molecule has 152 valence electrons. The summed E-state index contributed by atoms with van der Waals surface area (Å²) in [6.45, 7) is 1.10. The molecule has 0 aliphatic carbocycles. The van der Waals surface area contributed by atoms with Crippen LogP contribution in [0.15, 0.2) is 0 Å². The van der Waals surface area contributed by atoms with E-state index in [1.165, 1.54) is 0 Å². The Morgan fingerprint density at radius 2 is 0.769 bits per heavy atom. The van der Waals surface area contributed by atoms with E-state index < -0.39 is 34.5 Å². The van der Waals surface area contributed by atoms with Crippen LogP contribution in [0.2, 0.25) is 0 Å². The first-order valence-corrected chi connectivity index (χ1v) is 9.84. The van der Waals surface area contributed by atoms with Gasteiger partial charge in [-0.05, 0) is 0 Å². The predicted molar refractivity (Wildman–Crippen MR) is 108 cm³/mol. The van der Waals surface area contributed by atoms with Gasteiger partial charge in [0.15, 0.2) is 0 Å². The fraction of sp³-hybridized carbons (Fsp3) is 0.727. The van der Waals surface area contributed by atoms with E-state index in [-0.39, 0.29) is 19.6 Å². The molecule has 0 aliphatic heterocycles. The van der Waals surface area contributed by atoms with Gasteiger partial charge in [-0.25, -0.2) is 0 Å². The minimum absolute atomic E-state index is 0.153. The molecule has 15 heteroatoms. The summed E-state index contributed by atoms with van der Waals surface area (Å²) in [6.07, 6.45) is 0. The predicted octanol–water partition coefficient (Wildman–Crippen LogP) is 3.45. The van der Waals surface area contributed by atoms with Crippen molar-refractivity contribution in [1.82, 2.24) is 16.0 Å². The van der Waals surface area contributed by atoms with E-state index in [2.05, 4.69) is 16.0 Å². The number of halogens is 9. The summed E-state index contributed by atoms with van der Waals surface area (Å²) >= 11 is 49.2. The molecule has 0 heterocycles. The Labute approximate surface area is 194 Å². The van der Waals surface area contributed by atoms with Gasteiger partial charge < -0.3 is 16.0 Å². The van der Waals surface area contributed by atoms with Gasteiger partial charge in [-0.2, -0.15) is 0 Å². The molecule has 0 bridgehead atoms. The molecule has 3 N–H and O–H groups in total. The maximum absolute atomic E-state index is 11.7. The number of amides is 3. The average Bonchev–Trinajstić information content (AvgIpc) is 2.45. The van der Waals surface area contributed by atoms with Gasteiger partial charge in [-0.3, -0.25) is 14.4 Å². The lowest BCUT2D eigenvalue weighted by molar-refractivity contribution is -0.120. The molecule has 0 aromatic carbocycles. The van der Waals surface area contributed by atoms with Crippen molar-refractivity contribution in [2.75, 3.05) is 19.6 Å². The molecule has 0 unspecified atom stereocenters. The summed E-state index contributed by atoms with van der Waals surface area (Å²) in [7, 11) is 0. The average molecular weight is 553 g/mol. The molecule has 0 saturated heterocycles. The maximum atomic E-state index is 11.7. The van der Waals surface area contributed by atoms with Crippen LogP contribution in [-0.4, -0.2) is 48.7 Å². The first kappa shape index (κ1) is 27.0. The molecular formula is C11H12Cl9N3O3. The minimum atomic E-state index is -2.21. The number of rotatable bonds is 6. The normalized spacial score (nSPS) is 13.2. The van der Waals surface area contributed by atoms with Crippen molar-refractivity contribution in [1.29, 1.82) is 0 Å². The zero-order valence-electron chi connectivity index (χ0n) is 12.7. The molecule has 0 spiro atoms. The SMILES string of the molecule is CC(CNC(=O)C(Cl)(Cl)Cl)(CNC(=O)C(Cl)(Cl)Cl)CNC(=O)C(Cl)(Cl)Cl. The summed E-state index contributed by atoms with van der Waals surface area (Å²) < 4.78 is -6.62. The number of alkyl halides is 9. The lowest BCUT2D eigenvalue weighted by Crippen LogP contribution is -2.53. The van der Waals surface area contributed by atoms with Gasteiger partial charge in [0, 0.05) is 25.0 Å². The third-order valence-electron chi connectivity index (χ3n) is 2.80. The fourth-order valence-electron chi connectivity index (χ4n) is 1.37. The van der Waals surface area contributed by atoms with E-state index in [1.807, 2.05) is 0 Å². The number of hydrogen-bond acceptors (Lipinski definition) is 3. The Hall–Kier alpha value is 1.02. The quantitative estimate of drug-likeness (QED) is 0.441. The summed E-state index contributed by atoms with van der Waals surface area (Å²) in [5.74, 6) is -2.77. The summed E-state index contributed by atoms with van der Waals surface area (Å²) in [4.78, 5) is 35.1. The largest absolute Gasteiger partial charge is 0.352 e. The van der Waals surface area contributed by atoms with Crippen molar-refractivity contribution in [3.8, 4) is 0 Å². The highest BCUT2D eigenvalue weighted by Crippen LogP contribution is 2.29. The maximum Gasteiger partial charge on any atom is 0.272 e. The van der Waals surface area contributed by atoms with E-state index in [0.29, 0.717) is 0 Å². The summed E-state index contributed by atoms with van der Waals surface area (Å²) in [5.41, 5.74) is -1.03. The van der Waals surface area contributed by atoms with Crippen LogP contribution in [0.3, 0.4) is 0 Å². The molecule has 0 rings (SSSR count). The Morgan fingerprint density at radius 1 is 0.577 bits per heavy atom. The van der Waals surface area contributed by atoms with Crippen LogP contribution in [-0.2, 0) is 14.4 Å². The van der Waals surface area contributed by atoms with Crippen molar-refractivity contribution in [3.63, 3.8) is 0 Å². The fourth-order valence-corrected chi connectivity index (χ4v) is 1.97. The molecule has 0 aliphatic rings. The van der Waals surface area contributed by atoms with E-state index in [4.69, 9.17) is 104 Å². The third-order valence-corrected chi connectivity index (χ3v) is 4.34. The Morgan fingerprint density at radius 3 is 0.923 bits per heavy atom. The Bertz CT molecular complexity index is 466. The van der Waals surface area contributed by atoms with E-state index in [1.54, 1.807) is 6.92 Å². The van der Waals surface area contributed by atoms with E-state index in [0.717, 1.165) is 0 Å². The lowest BCUT2D eigenvalue weighted by Gasteiger charge is -2.32. The molecule has 3 amide bonds. The molecule has 0 fully saturated rings. The second-order valence-electron chi connectivity index (χ2n) is 5.35. The lowest BCUT2D eigenvalue weighted by atomic mass is 9.90. The van der Waals surface area contributed by atoms with Gasteiger partial charge in [0.1, 0.15) is 0 Å². The molecule has 0 saturated carbocycles. The van der Waals surface area contributed by atoms with Crippen LogP contribution in [0.25, 0.3) is 0 Å². The van der Waals surface area contributed by atoms with Crippen LogP contribution in [0.4, 0.5) is 0 Å². The molecule has 0 atom stereocenters. The van der Waals surface area contributed by atoms with Crippen molar-refractivity contribution in [2.24, 2.45) is 5.41 Å². The molecule has 0 aromatic heterocycles. The molecule has 26 heavy (non-hydrogen) atoms. The zero-order valence-corrected chi connectivity index (χ0v) is 19.6. The first-order valence-electron chi connectivity index (χ1n) is 6.43. The standard InChI is InChI=1S/C11H12Cl9N3O3/c1-8(2-21-5(24)9(12,13)14,3-22-6(25)10(15,16)17)4-23-7(26)11(18,19)20/h2-4H2,1H3,(H,21,24)(H,22,25)(H,23,26). The minimum Gasteiger partial charge on any atom is -0.352 e. The summed E-state index contributed by atoms with van der Waals surface area (Å²) in [6, 6.07) is 0. The van der Waals surface area contributed by atoms with Crippen molar-refractivity contribution in [2.45, 2.75) is 18.3 Å². The third kappa shape index (κ3) is 10.5. The van der Waals surface area contributed by atoms with Crippen LogP contribution in [0, 0.1) is 5.41 Å². The van der Waals surface area contributed by atoms with Gasteiger partial charge in [-0.1, -0.05) is 111 Å². The smallest absolute Gasteiger partial charge is 0.272 e. The van der Waals surface area contributed by atoms with Gasteiger partial charge in [0.25, 0.3) is 29.1 Å². The summed E-state index contributed by atoms with van der Waals surface area (Å²) in [5, 5.41) is 7.06. The molecule has 6 nitrogen and oxygen atoms in total. The van der Waals surface area contributed by atoms with Gasteiger partial charge in [0.2, 0.25) is 0 Å². The van der Waals surface area contributed by atoms with Crippen LogP contribution < -0.4 is 16.0 Å². The second kappa shape index (κ2) is 10.2. The van der Waals surface area contributed by atoms with Gasteiger partial charge >= 0.3 is 0 Å². The zero-order chi connectivity index (χ0) is 21.0. The van der Waals surface area contributed by atoms with Crippen molar-refractivity contribution < 1.29 is 14.4 Å². The highest BCUT2D eigenvalue weighted by Gasteiger charge is 2.37. The van der Waals surface area contributed by atoms with Crippen molar-refractivity contribution >= 4 is 122 Å². The molecule has 0 aromatic rings. The van der Waals surface area contributed by atoms with E-state index >= 15 is 0 Å². The van der Waals surface area contributed by atoms with Crippen LogP contribution >= 0.6 is 104 Å². The number of carbonyl (C=O) groups is 3. The number of carbonyl (C=O) groups excluding carboxylic acids is 3. The number of nitrogens with one attached hydrogen (secondary N) is 3. The topological polar surface area (TPSA) is 87.3 Å². The van der Waals surface area contributed by atoms with Gasteiger partial charge in [0.05, 0.1) is 0 Å². The monoisotopic (exact) mass is 549 g/mol. The second-order valence-corrected chi connectivity index (χ2v) is 12.2. The Kier molecular flexibility index (Phi) is 10.6. The molecular weight excluding hydrogens is 541 g/mol. The number of hydrogen-bond donors (Lipinski definition) is 3. The van der Waals surface area contributed by atoms with Crippen LogP contribution in [0.5, 0.6) is 0 Å². The van der Waals surface area contributed by atoms with Gasteiger partial charge in [-0.15, -0.1) is 0 Å². The van der Waals surface area contributed by atoms with Crippen molar-refractivity contribution in [3.05, 3.63) is 0 Å². The molecule has 0 radical (unpaired) electrons.